The number of para-hydroxylation sites is 1. The first-order valence-corrected chi connectivity index (χ1v) is 7.26. The standard InChI is InChI=1S/C14H17ClN6/c1-9(2)21-13-10(15)4-3-5-11(13)17-14(21)12-8-20(7-6-16)19-18-12/h3-5,8-9H,6-7,16H2,1-2H3. The van der Waals surface area contributed by atoms with Crippen molar-refractivity contribution in [2.45, 2.75) is 26.4 Å². The molecular weight excluding hydrogens is 288 g/mol. The van der Waals surface area contributed by atoms with Crippen LogP contribution in [0.3, 0.4) is 0 Å². The Morgan fingerprint density at radius 3 is 2.86 bits per heavy atom. The molecule has 0 atom stereocenters. The van der Waals surface area contributed by atoms with Gasteiger partial charge in [0.25, 0.3) is 0 Å². The Morgan fingerprint density at radius 1 is 1.33 bits per heavy atom. The monoisotopic (exact) mass is 304 g/mol. The van der Waals surface area contributed by atoms with Gasteiger partial charge in [-0.2, -0.15) is 0 Å². The maximum absolute atomic E-state index is 6.34. The van der Waals surface area contributed by atoms with Crippen LogP contribution in [0.1, 0.15) is 19.9 Å². The van der Waals surface area contributed by atoms with Crippen molar-refractivity contribution in [1.29, 1.82) is 0 Å². The molecule has 3 aromatic rings. The molecule has 0 fully saturated rings. The van der Waals surface area contributed by atoms with Gasteiger partial charge in [0.2, 0.25) is 0 Å². The first kappa shape index (κ1) is 14.0. The van der Waals surface area contributed by atoms with E-state index in [4.69, 9.17) is 17.3 Å². The van der Waals surface area contributed by atoms with Gasteiger partial charge in [-0.15, -0.1) is 5.10 Å². The van der Waals surface area contributed by atoms with Crippen LogP contribution >= 0.6 is 11.6 Å². The largest absolute Gasteiger partial charge is 0.329 e. The topological polar surface area (TPSA) is 74.5 Å². The summed E-state index contributed by atoms with van der Waals surface area (Å²) in [5.41, 5.74) is 8.06. The number of hydrogen-bond acceptors (Lipinski definition) is 4. The predicted octanol–water partition coefficient (Wildman–Crippen LogP) is 2.49. The number of aromatic nitrogens is 5. The van der Waals surface area contributed by atoms with E-state index in [-0.39, 0.29) is 6.04 Å². The summed E-state index contributed by atoms with van der Waals surface area (Å²) in [6.45, 7) is 5.35. The highest BCUT2D eigenvalue weighted by atomic mass is 35.5. The minimum Gasteiger partial charge on any atom is -0.329 e. The molecule has 0 aliphatic carbocycles. The van der Waals surface area contributed by atoms with E-state index in [0.29, 0.717) is 18.1 Å². The zero-order valence-corrected chi connectivity index (χ0v) is 12.7. The van der Waals surface area contributed by atoms with Gasteiger partial charge >= 0.3 is 0 Å². The van der Waals surface area contributed by atoms with E-state index in [1.54, 1.807) is 4.68 Å². The van der Waals surface area contributed by atoms with Gasteiger partial charge in [-0.1, -0.05) is 22.9 Å². The lowest BCUT2D eigenvalue weighted by Crippen LogP contribution is -2.10. The van der Waals surface area contributed by atoms with Gasteiger partial charge in [0, 0.05) is 12.6 Å². The van der Waals surface area contributed by atoms with Crippen LogP contribution in [0.15, 0.2) is 24.4 Å². The second kappa shape index (κ2) is 5.46. The highest BCUT2D eigenvalue weighted by molar-refractivity contribution is 6.35. The van der Waals surface area contributed by atoms with E-state index >= 15 is 0 Å². The molecule has 0 saturated heterocycles. The smallest absolute Gasteiger partial charge is 0.163 e. The minimum atomic E-state index is 0.213. The SMILES string of the molecule is CC(C)n1c(-c2cn(CCN)nn2)nc2cccc(Cl)c21. The lowest BCUT2D eigenvalue weighted by Gasteiger charge is -2.12. The highest BCUT2D eigenvalue weighted by Crippen LogP contribution is 2.31. The van der Waals surface area contributed by atoms with E-state index in [0.717, 1.165) is 22.6 Å². The summed E-state index contributed by atoms with van der Waals surface area (Å²) in [6.07, 6.45) is 1.86. The Hall–Kier alpha value is -1.92. The average molecular weight is 305 g/mol. The molecule has 0 radical (unpaired) electrons. The Balaban J connectivity index is 2.21. The average Bonchev–Trinajstić information content (AvgIpc) is 3.03. The summed E-state index contributed by atoms with van der Waals surface area (Å²) in [4.78, 5) is 4.67. The van der Waals surface area contributed by atoms with Gasteiger partial charge in [0.05, 0.1) is 28.8 Å². The molecule has 1 aromatic carbocycles. The Labute approximate surface area is 127 Å². The highest BCUT2D eigenvalue weighted by Gasteiger charge is 2.19. The lowest BCUT2D eigenvalue weighted by atomic mass is 10.3. The van der Waals surface area contributed by atoms with E-state index in [1.807, 2.05) is 24.4 Å². The van der Waals surface area contributed by atoms with Crippen molar-refractivity contribution in [2.24, 2.45) is 5.73 Å². The molecule has 0 aliphatic heterocycles. The fourth-order valence-corrected chi connectivity index (χ4v) is 2.69. The van der Waals surface area contributed by atoms with Crippen LogP contribution in [-0.4, -0.2) is 31.1 Å². The minimum absolute atomic E-state index is 0.213. The second-order valence-corrected chi connectivity index (χ2v) is 5.57. The molecule has 7 heteroatoms. The van der Waals surface area contributed by atoms with Gasteiger partial charge in [0.15, 0.2) is 5.82 Å². The summed E-state index contributed by atoms with van der Waals surface area (Å²) in [6, 6.07) is 5.94. The van der Waals surface area contributed by atoms with Crippen molar-refractivity contribution in [3.63, 3.8) is 0 Å². The summed E-state index contributed by atoms with van der Waals surface area (Å²) < 4.78 is 3.81. The van der Waals surface area contributed by atoms with Crippen LogP contribution in [0.2, 0.25) is 5.02 Å². The van der Waals surface area contributed by atoms with Crippen molar-refractivity contribution in [3.05, 3.63) is 29.4 Å². The molecule has 2 aromatic heterocycles. The normalized spacial score (nSPS) is 11.7. The van der Waals surface area contributed by atoms with Crippen molar-refractivity contribution in [1.82, 2.24) is 24.5 Å². The molecule has 0 bridgehead atoms. The third kappa shape index (κ3) is 2.41. The maximum atomic E-state index is 6.34. The van der Waals surface area contributed by atoms with Gasteiger partial charge in [-0.05, 0) is 26.0 Å². The van der Waals surface area contributed by atoms with E-state index in [9.17, 15) is 0 Å². The molecule has 6 nitrogen and oxygen atoms in total. The molecule has 21 heavy (non-hydrogen) atoms. The third-order valence-corrected chi connectivity index (χ3v) is 3.61. The summed E-state index contributed by atoms with van der Waals surface area (Å²) >= 11 is 6.34. The molecule has 2 N–H and O–H groups in total. The van der Waals surface area contributed by atoms with Crippen LogP contribution in [0.4, 0.5) is 0 Å². The number of imidazole rings is 1. The van der Waals surface area contributed by atoms with Crippen molar-refractivity contribution in [3.8, 4) is 11.5 Å². The summed E-state index contributed by atoms with van der Waals surface area (Å²) in [5, 5.41) is 8.97. The number of benzene rings is 1. The van der Waals surface area contributed by atoms with Crippen molar-refractivity contribution in [2.75, 3.05) is 6.54 Å². The molecule has 0 unspecified atom stereocenters. The molecule has 0 saturated carbocycles. The third-order valence-electron chi connectivity index (χ3n) is 3.30. The van der Waals surface area contributed by atoms with Gasteiger partial charge in [-0.25, -0.2) is 4.98 Å². The maximum Gasteiger partial charge on any atom is 0.163 e. The van der Waals surface area contributed by atoms with Crippen LogP contribution in [0.5, 0.6) is 0 Å². The molecule has 0 amide bonds. The fraction of sp³-hybridized carbons (Fsp3) is 0.357. The number of hydrogen-bond donors (Lipinski definition) is 1. The first-order valence-electron chi connectivity index (χ1n) is 6.89. The summed E-state index contributed by atoms with van der Waals surface area (Å²) in [5.74, 6) is 0.774. The Morgan fingerprint density at radius 2 is 2.14 bits per heavy atom. The van der Waals surface area contributed by atoms with E-state index in [1.165, 1.54) is 0 Å². The van der Waals surface area contributed by atoms with Crippen LogP contribution in [0.25, 0.3) is 22.6 Å². The zero-order chi connectivity index (χ0) is 15.0. The second-order valence-electron chi connectivity index (χ2n) is 5.16. The van der Waals surface area contributed by atoms with Crippen molar-refractivity contribution >= 4 is 22.6 Å². The molecular formula is C14H17ClN6. The lowest BCUT2D eigenvalue weighted by molar-refractivity contribution is 0.598. The van der Waals surface area contributed by atoms with Gasteiger partial charge < -0.3 is 10.3 Å². The molecule has 3 rings (SSSR count). The predicted molar refractivity (Wildman–Crippen MR) is 83.2 cm³/mol. The van der Waals surface area contributed by atoms with Crippen molar-refractivity contribution < 1.29 is 0 Å². The number of fused-ring (bicyclic) bond motifs is 1. The molecule has 110 valence electrons. The number of rotatable bonds is 4. The fourth-order valence-electron chi connectivity index (χ4n) is 2.43. The summed E-state index contributed by atoms with van der Waals surface area (Å²) in [7, 11) is 0. The van der Waals surface area contributed by atoms with Crippen LogP contribution in [0, 0.1) is 0 Å². The molecule has 0 spiro atoms. The zero-order valence-electron chi connectivity index (χ0n) is 12.0. The number of nitrogens with two attached hydrogens (primary N) is 1. The van der Waals surface area contributed by atoms with E-state index < -0.39 is 0 Å². The molecule has 2 heterocycles. The number of nitrogens with zero attached hydrogens (tertiary/aromatic N) is 5. The van der Waals surface area contributed by atoms with Crippen LogP contribution in [-0.2, 0) is 6.54 Å². The van der Waals surface area contributed by atoms with Gasteiger partial charge in [0.1, 0.15) is 5.69 Å². The molecule has 0 aliphatic rings. The Bertz CT molecular complexity index is 773. The van der Waals surface area contributed by atoms with Gasteiger partial charge in [-0.3, -0.25) is 4.68 Å². The van der Waals surface area contributed by atoms with E-state index in [2.05, 4.69) is 33.7 Å². The number of halogens is 1. The quantitative estimate of drug-likeness (QED) is 0.803. The van der Waals surface area contributed by atoms with Crippen LogP contribution < -0.4 is 5.73 Å². The first-order chi connectivity index (χ1) is 10.1. The Kier molecular flexibility index (Phi) is 3.65.